The normalized spacial score (nSPS) is 10.8. The maximum atomic E-state index is 12.0. The van der Waals surface area contributed by atoms with Crippen LogP contribution in [0, 0.1) is 6.92 Å². The smallest absolute Gasteiger partial charge is 0.337 e. The highest BCUT2D eigenvalue weighted by Crippen LogP contribution is 2.43. The highest BCUT2D eigenvalue weighted by atomic mass is 32.1. The van der Waals surface area contributed by atoms with Gasteiger partial charge >= 0.3 is 5.97 Å². The van der Waals surface area contributed by atoms with Crippen LogP contribution in [-0.4, -0.2) is 18.2 Å². The molecule has 4 heteroatoms. The van der Waals surface area contributed by atoms with Crippen LogP contribution in [0.1, 0.15) is 20.8 Å². The first kappa shape index (κ1) is 16.4. The Labute approximate surface area is 145 Å². The van der Waals surface area contributed by atoms with Crippen LogP contribution in [0.3, 0.4) is 0 Å². The van der Waals surface area contributed by atoms with E-state index in [-0.39, 0.29) is 0 Å². The van der Waals surface area contributed by atoms with Gasteiger partial charge in [-0.05, 0) is 23.6 Å². The first-order chi connectivity index (χ1) is 11.6. The van der Waals surface area contributed by atoms with E-state index in [2.05, 4.69) is 0 Å². The number of carboxylic acids is 1. The van der Waals surface area contributed by atoms with E-state index in [1.165, 1.54) is 11.3 Å². The van der Waals surface area contributed by atoms with Crippen LogP contribution in [-0.2, 0) is 11.3 Å². The number of hydrogen-bond acceptors (Lipinski definition) is 3. The lowest BCUT2D eigenvalue weighted by Crippen LogP contribution is -2.01. The highest BCUT2D eigenvalue weighted by molar-refractivity contribution is 7.16. The van der Waals surface area contributed by atoms with Gasteiger partial charge in [0.05, 0.1) is 17.0 Å². The molecular weight excluding hydrogens is 320 g/mol. The number of aryl methyl sites for hydroxylation is 1. The number of ether oxygens (including phenoxy) is 1. The van der Waals surface area contributed by atoms with Gasteiger partial charge in [0.1, 0.15) is 0 Å². The Hall–Kier alpha value is -2.43. The van der Waals surface area contributed by atoms with Crippen LogP contribution >= 0.6 is 11.3 Å². The van der Waals surface area contributed by atoms with Crippen LogP contribution in [0.4, 0.5) is 0 Å². The molecule has 0 spiro atoms. The molecule has 0 saturated heterocycles. The fourth-order valence-corrected chi connectivity index (χ4v) is 4.14. The van der Waals surface area contributed by atoms with Crippen LogP contribution in [0.15, 0.2) is 54.6 Å². The van der Waals surface area contributed by atoms with Gasteiger partial charge in [0, 0.05) is 17.6 Å². The molecule has 0 bridgehead atoms. The minimum Gasteiger partial charge on any atom is -0.478 e. The summed E-state index contributed by atoms with van der Waals surface area (Å²) in [5.41, 5.74) is 4.01. The molecule has 1 aromatic heterocycles. The standard InChI is InChI=1S/C20H18O3S/c1-13-17(14-8-4-3-5-9-14)18(20(21)22)19(24-13)16-11-7-6-10-15(16)12-23-2/h3-11H,12H2,1-2H3,(H,21,22). The van der Waals surface area contributed by atoms with E-state index in [0.717, 1.165) is 32.0 Å². The van der Waals surface area contributed by atoms with Crippen LogP contribution in [0.25, 0.3) is 21.6 Å². The van der Waals surface area contributed by atoms with Gasteiger partial charge in [0.2, 0.25) is 0 Å². The molecule has 3 nitrogen and oxygen atoms in total. The summed E-state index contributed by atoms with van der Waals surface area (Å²) in [6.07, 6.45) is 0. The molecule has 0 aliphatic carbocycles. The van der Waals surface area contributed by atoms with Crippen molar-refractivity contribution in [2.45, 2.75) is 13.5 Å². The predicted octanol–water partition coefficient (Wildman–Crippen LogP) is 5.24. The Bertz CT molecular complexity index is 866. The van der Waals surface area contributed by atoms with Gasteiger partial charge in [0.15, 0.2) is 0 Å². The van der Waals surface area contributed by atoms with Crippen LogP contribution in [0.5, 0.6) is 0 Å². The van der Waals surface area contributed by atoms with Crippen molar-refractivity contribution in [2.75, 3.05) is 7.11 Å². The Kier molecular flexibility index (Phi) is 4.79. The summed E-state index contributed by atoms with van der Waals surface area (Å²) in [5.74, 6) is -0.902. The molecule has 0 radical (unpaired) electrons. The Morgan fingerprint density at radius 1 is 1.08 bits per heavy atom. The Morgan fingerprint density at radius 2 is 1.75 bits per heavy atom. The summed E-state index contributed by atoms with van der Waals surface area (Å²) in [5, 5.41) is 9.88. The minimum absolute atomic E-state index is 0.368. The number of carbonyl (C=O) groups is 1. The zero-order valence-corrected chi connectivity index (χ0v) is 14.4. The minimum atomic E-state index is -0.902. The van der Waals surface area contributed by atoms with Crippen molar-refractivity contribution in [1.29, 1.82) is 0 Å². The molecule has 3 rings (SSSR count). The molecule has 24 heavy (non-hydrogen) atoms. The third-order valence-electron chi connectivity index (χ3n) is 3.92. The molecule has 0 atom stereocenters. The van der Waals surface area contributed by atoms with Gasteiger partial charge in [-0.15, -0.1) is 11.3 Å². The molecule has 0 aliphatic heterocycles. The molecular formula is C20H18O3S. The van der Waals surface area contributed by atoms with Crippen molar-refractivity contribution < 1.29 is 14.6 Å². The summed E-state index contributed by atoms with van der Waals surface area (Å²) < 4.78 is 5.27. The number of thiophene rings is 1. The molecule has 1 N–H and O–H groups in total. The lowest BCUT2D eigenvalue weighted by molar-refractivity contribution is 0.0699. The molecule has 2 aromatic carbocycles. The van der Waals surface area contributed by atoms with Crippen LogP contribution < -0.4 is 0 Å². The molecule has 122 valence electrons. The lowest BCUT2D eigenvalue weighted by Gasteiger charge is -2.09. The summed E-state index contributed by atoms with van der Waals surface area (Å²) in [6, 6.07) is 17.5. The molecule has 0 saturated carbocycles. The first-order valence-electron chi connectivity index (χ1n) is 7.62. The van der Waals surface area contributed by atoms with Gasteiger partial charge < -0.3 is 9.84 Å². The fourth-order valence-electron chi connectivity index (χ4n) is 2.91. The number of carboxylic acid groups (broad SMARTS) is 1. The number of rotatable bonds is 5. The van der Waals surface area contributed by atoms with Gasteiger partial charge in [-0.25, -0.2) is 4.79 Å². The zero-order chi connectivity index (χ0) is 17.1. The first-order valence-corrected chi connectivity index (χ1v) is 8.44. The quantitative estimate of drug-likeness (QED) is 0.692. The fraction of sp³-hybridized carbons (Fsp3) is 0.150. The average molecular weight is 338 g/mol. The van der Waals surface area contributed by atoms with E-state index in [1.54, 1.807) is 7.11 Å². The second kappa shape index (κ2) is 6.99. The van der Waals surface area contributed by atoms with Gasteiger partial charge in [0.25, 0.3) is 0 Å². The molecule has 3 aromatic rings. The summed E-state index contributed by atoms with van der Waals surface area (Å²) in [4.78, 5) is 13.8. The monoisotopic (exact) mass is 338 g/mol. The zero-order valence-electron chi connectivity index (χ0n) is 13.6. The van der Waals surface area contributed by atoms with E-state index >= 15 is 0 Å². The van der Waals surface area contributed by atoms with E-state index in [9.17, 15) is 9.90 Å². The van der Waals surface area contributed by atoms with E-state index < -0.39 is 5.97 Å². The highest BCUT2D eigenvalue weighted by Gasteiger charge is 2.24. The van der Waals surface area contributed by atoms with Crippen molar-refractivity contribution in [3.05, 3.63) is 70.6 Å². The third-order valence-corrected chi connectivity index (χ3v) is 5.06. The second-order valence-corrected chi connectivity index (χ2v) is 6.72. The molecule has 1 heterocycles. The van der Waals surface area contributed by atoms with Gasteiger partial charge in [-0.3, -0.25) is 0 Å². The number of aromatic carboxylic acids is 1. The Morgan fingerprint density at radius 3 is 2.42 bits per heavy atom. The number of benzene rings is 2. The topological polar surface area (TPSA) is 46.5 Å². The predicted molar refractivity (Wildman–Crippen MR) is 97.6 cm³/mol. The number of methoxy groups -OCH3 is 1. The van der Waals surface area contributed by atoms with Crippen molar-refractivity contribution in [1.82, 2.24) is 0 Å². The van der Waals surface area contributed by atoms with Crippen molar-refractivity contribution >= 4 is 17.3 Å². The summed E-state index contributed by atoms with van der Waals surface area (Å²) >= 11 is 1.52. The average Bonchev–Trinajstić information content (AvgIpc) is 2.94. The molecule has 0 unspecified atom stereocenters. The van der Waals surface area contributed by atoms with E-state index in [1.807, 2.05) is 61.5 Å². The van der Waals surface area contributed by atoms with Crippen molar-refractivity contribution in [2.24, 2.45) is 0 Å². The maximum absolute atomic E-state index is 12.0. The van der Waals surface area contributed by atoms with Gasteiger partial charge in [-0.1, -0.05) is 54.6 Å². The van der Waals surface area contributed by atoms with E-state index in [4.69, 9.17) is 4.74 Å². The van der Waals surface area contributed by atoms with Crippen LogP contribution in [0.2, 0.25) is 0 Å². The largest absolute Gasteiger partial charge is 0.478 e. The second-order valence-electron chi connectivity index (χ2n) is 5.50. The van der Waals surface area contributed by atoms with E-state index in [0.29, 0.717) is 12.2 Å². The van der Waals surface area contributed by atoms with Gasteiger partial charge in [-0.2, -0.15) is 0 Å². The van der Waals surface area contributed by atoms with Crippen molar-refractivity contribution in [3.63, 3.8) is 0 Å². The lowest BCUT2D eigenvalue weighted by atomic mass is 9.96. The molecule has 0 amide bonds. The molecule has 0 fully saturated rings. The SMILES string of the molecule is COCc1ccccc1-c1sc(C)c(-c2ccccc2)c1C(=O)O. The molecule has 0 aliphatic rings. The van der Waals surface area contributed by atoms with Crippen molar-refractivity contribution in [3.8, 4) is 21.6 Å². The maximum Gasteiger partial charge on any atom is 0.337 e. The summed E-state index contributed by atoms with van der Waals surface area (Å²) in [7, 11) is 1.64. The number of hydrogen-bond donors (Lipinski definition) is 1. The Balaban J connectivity index is 2.26. The summed E-state index contributed by atoms with van der Waals surface area (Å²) in [6.45, 7) is 2.43. The third kappa shape index (κ3) is 2.98.